The Hall–Kier alpha value is -3.49. The molecule has 1 atom stereocenters. The van der Waals surface area contributed by atoms with Crippen LogP contribution in [-0.2, 0) is 14.3 Å². The molecule has 3 heterocycles. The lowest BCUT2D eigenvalue weighted by Gasteiger charge is -2.28. The highest BCUT2D eigenvalue weighted by Crippen LogP contribution is 2.44. The Morgan fingerprint density at radius 3 is 2.56 bits per heavy atom. The average molecular weight is 507 g/mol. The number of nitrogens with zero attached hydrogens (tertiary/aromatic N) is 2. The van der Waals surface area contributed by atoms with Crippen molar-refractivity contribution in [1.82, 2.24) is 4.98 Å². The molecule has 1 aliphatic heterocycles. The third kappa shape index (κ3) is 5.05. The molecule has 0 aliphatic carbocycles. The van der Waals surface area contributed by atoms with Crippen LogP contribution in [0.15, 0.2) is 65.4 Å². The maximum atomic E-state index is 13.4. The van der Waals surface area contributed by atoms with Crippen molar-refractivity contribution < 1.29 is 24.2 Å². The molecule has 0 bridgehead atoms. The van der Waals surface area contributed by atoms with E-state index in [1.807, 2.05) is 24.3 Å². The summed E-state index contributed by atoms with van der Waals surface area (Å²) < 4.78 is 11.0. The van der Waals surface area contributed by atoms with E-state index in [0.717, 1.165) is 11.1 Å². The van der Waals surface area contributed by atoms with E-state index in [2.05, 4.69) is 23.4 Å². The lowest BCUT2D eigenvalue weighted by Crippen LogP contribution is -2.32. The minimum atomic E-state index is -0.868. The van der Waals surface area contributed by atoms with Crippen LogP contribution >= 0.6 is 11.3 Å². The topological polar surface area (TPSA) is 89.0 Å². The van der Waals surface area contributed by atoms with Gasteiger partial charge in [0.05, 0.1) is 12.2 Å². The van der Waals surface area contributed by atoms with Gasteiger partial charge in [0.2, 0.25) is 5.88 Å². The van der Waals surface area contributed by atoms with Crippen molar-refractivity contribution in [2.24, 2.45) is 5.92 Å². The number of thiophene rings is 1. The molecule has 1 aromatic carbocycles. The number of anilines is 1. The molecule has 1 unspecified atom stereocenters. The fraction of sp³-hybridized carbons (Fsp3) is 0.321. The van der Waals surface area contributed by atoms with E-state index in [1.54, 1.807) is 50.6 Å². The van der Waals surface area contributed by atoms with Gasteiger partial charge in [-0.3, -0.25) is 14.5 Å². The van der Waals surface area contributed by atoms with Crippen LogP contribution in [0.4, 0.5) is 5.69 Å². The highest BCUT2D eigenvalue weighted by Gasteiger charge is 2.46. The number of Topliss-reactive ketones (excluding diaryl/α,β-unsaturated/α-hetero) is 1. The van der Waals surface area contributed by atoms with Crippen molar-refractivity contribution in [1.29, 1.82) is 0 Å². The number of ketones is 1. The van der Waals surface area contributed by atoms with Gasteiger partial charge in [-0.05, 0) is 53.8 Å². The number of carbonyl (C=O) groups is 2. The molecule has 0 saturated heterocycles. The molecule has 0 radical (unpaired) electrons. The number of rotatable bonds is 10. The number of ether oxygens (including phenoxy) is 2. The summed E-state index contributed by atoms with van der Waals surface area (Å²) >= 11 is 1.67. The molecule has 4 rings (SSSR count). The first-order valence-corrected chi connectivity index (χ1v) is 12.7. The van der Waals surface area contributed by atoms with Gasteiger partial charge >= 0.3 is 0 Å². The molecule has 1 amide bonds. The summed E-state index contributed by atoms with van der Waals surface area (Å²) in [5.41, 5.74) is 3.28. The molecule has 2 aromatic heterocycles. The van der Waals surface area contributed by atoms with E-state index < -0.39 is 23.6 Å². The van der Waals surface area contributed by atoms with E-state index in [1.165, 1.54) is 9.78 Å². The first kappa shape index (κ1) is 25.6. The lowest BCUT2D eigenvalue weighted by atomic mass is 9.91. The number of carbonyl (C=O) groups excluding carboxylic acids is 2. The lowest BCUT2D eigenvalue weighted by molar-refractivity contribution is -0.119. The van der Waals surface area contributed by atoms with Crippen LogP contribution in [-0.4, -0.2) is 42.1 Å². The van der Waals surface area contributed by atoms with Gasteiger partial charge in [-0.2, -0.15) is 0 Å². The van der Waals surface area contributed by atoms with Crippen molar-refractivity contribution in [3.63, 3.8) is 0 Å². The third-order valence-electron chi connectivity index (χ3n) is 6.03. The van der Waals surface area contributed by atoms with Crippen LogP contribution in [0.3, 0.4) is 0 Å². The van der Waals surface area contributed by atoms with Gasteiger partial charge in [0.25, 0.3) is 5.91 Å². The van der Waals surface area contributed by atoms with E-state index >= 15 is 0 Å². The third-order valence-corrected chi connectivity index (χ3v) is 6.90. The number of hydrogen-bond donors (Lipinski definition) is 1. The minimum absolute atomic E-state index is 0.0577. The number of amides is 1. The molecule has 188 valence electrons. The molecule has 0 fully saturated rings. The normalized spacial score (nSPS) is 15.8. The molecule has 8 heteroatoms. The number of methoxy groups -OCH3 is 1. The van der Waals surface area contributed by atoms with Gasteiger partial charge < -0.3 is 14.6 Å². The standard InChI is InChI=1S/C28H30N2O5S/c1-17(2)25(31)23-24(22-7-5-12-29-27(22)35-14-6-13-34-4)30(28(33)26(23)32)21-10-8-19(9-11-21)20-15-18(3)36-16-20/h5,7-12,15-17,24,32H,6,13-14H2,1-4H3. The van der Waals surface area contributed by atoms with Crippen molar-refractivity contribution in [3.8, 4) is 17.0 Å². The van der Waals surface area contributed by atoms with Crippen LogP contribution in [0.1, 0.15) is 36.8 Å². The Morgan fingerprint density at radius 2 is 1.92 bits per heavy atom. The number of aliphatic hydroxyl groups excluding tert-OH is 1. The molecule has 3 aromatic rings. The minimum Gasteiger partial charge on any atom is -0.503 e. The van der Waals surface area contributed by atoms with E-state index in [9.17, 15) is 14.7 Å². The zero-order valence-electron chi connectivity index (χ0n) is 20.9. The fourth-order valence-corrected chi connectivity index (χ4v) is 4.95. The van der Waals surface area contributed by atoms with Gasteiger partial charge in [0.1, 0.15) is 6.04 Å². The molecule has 36 heavy (non-hydrogen) atoms. The van der Waals surface area contributed by atoms with Gasteiger partial charge in [-0.1, -0.05) is 26.0 Å². The second-order valence-electron chi connectivity index (χ2n) is 8.94. The fourth-order valence-electron chi connectivity index (χ4n) is 4.24. The quantitative estimate of drug-likeness (QED) is 0.357. The van der Waals surface area contributed by atoms with E-state index in [4.69, 9.17) is 9.47 Å². The monoisotopic (exact) mass is 506 g/mol. The van der Waals surface area contributed by atoms with Gasteiger partial charge in [-0.15, -0.1) is 11.3 Å². The van der Waals surface area contributed by atoms with Crippen LogP contribution in [0, 0.1) is 12.8 Å². The summed E-state index contributed by atoms with van der Waals surface area (Å²) in [5.74, 6) is -1.56. The Kier molecular flexibility index (Phi) is 7.86. The Bertz CT molecular complexity index is 1280. The largest absolute Gasteiger partial charge is 0.503 e. The predicted molar refractivity (Wildman–Crippen MR) is 140 cm³/mol. The summed E-state index contributed by atoms with van der Waals surface area (Å²) in [7, 11) is 1.62. The van der Waals surface area contributed by atoms with Gasteiger partial charge in [0.15, 0.2) is 11.5 Å². The number of hydrogen-bond acceptors (Lipinski definition) is 7. The zero-order chi connectivity index (χ0) is 25.8. The molecule has 1 N–H and O–H groups in total. The number of aliphatic hydroxyl groups is 1. The highest BCUT2D eigenvalue weighted by molar-refractivity contribution is 7.10. The van der Waals surface area contributed by atoms with Crippen molar-refractivity contribution in [2.45, 2.75) is 33.2 Å². The predicted octanol–water partition coefficient (Wildman–Crippen LogP) is 5.66. The first-order valence-electron chi connectivity index (χ1n) is 11.9. The molecule has 0 saturated carbocycles. The summed E-state index contributed by atoms with van der Waals surface area (Å²) in [6.07, 6.45) is 2.25. The SMILES string of the molecule is COCCCOc1ncccc1C1C(C(=O)C(C)C)=C(O)C(=O)N1c1ccc(-c2csc(C)c2)cc1. The summed E-state index contributed by atoms with van der Waals surface area (Å²) in [6.45, 7) is 6.44. The maximum Gasteiger partial charge on any atom is 0.294 e. The second-order valence-corrected chi connectivity index (χ2v) is 10.1. The van der Waals surface area contributed by atoms with Crippen LogP contribution in [0.2, 0.25) is 0 Å². The Morgan fingerprint density at radius 1 is 1.17 bits per heavy atom. The molecule has 0 spiro atoms. The van der Waals surface area contributed by atoms with E-state index in [0.29, 0.717) is 36.8 Å². The second kappa shape index (κ2) is 11.1. The van der Waals surface area contributed by atoms with Crippen LogP contribution < -0.4 is 9.64 Å². The van der Waals surface area contributed by atoms with E-state index in [-0.39, 0.29) is 11.4 Å². The number of benzene rings is 1. The smallest absolute Gasteiger partial charge is 0.294 e. The molecular weight excluding hydrogens is 476 g/mol. The van der Waals surface area contributed by atoms with Gasteiger partial charge in [0, 0.05) is 48.4 Å². The molecule has 7 nitrogen and oxygen atoms in total. The highest BCUT2D eigenvalue weighted by atomic mass is 32.1. The zero-order valence-corrected chi connectivity index (χ0v) is 21.7. The molecule has 1 aliphatic rings. The van der Waals surface area contributed by atoms with Crippen molar-refractivity contribution >= 4 is 28.7 Å². The van der Waals surface area contributed by atoms with Crippen molar-refractivity contribution in [3.05, 3.63) is 75.8 Å². The summed E-state index contributed by atoms with van der Waals surface area (Å²) in [6, 6.07) is 12.3. The number of aryl methyl sites for hydroxylation is 1. The summed E-state index contributed by atoms with van der Waals surface area (Å²) in [4.78, 5) is 33.7. The summed E-state index contributed by atoms with van der Waals surface area (Å²) in [5, 5.41) is 13.0. The number of aromatic nitrogens is 1. The molecular formula is C28H30N2O5S. The number of pyridine rings is 1. The maximum absolute atomic E-state index is 13.4. The Labute approximate surface area is 215 Å². The Balaban J connectivity index is 1.77. The van der Waals surface area contributed by atoms with Crippen molar-refractivity contribution in [2.75, 3.05) is 25.2 Å². The first-order chi connectivity index (χ1) is 17.3. The van der Waals surface area contributed by atoms with Gasteiger partial charge in [-0.25, -0.2) is 4.98 Å². The van der Waals surface area contributed by atoms with Crippen LogP contribution in [0.5, 0.6) is 5.88 Å². The van der Waals surface area contributed by atoms with Crippen LogP contribution in [0.25, 0.3) is 11.1 Å². The average Bonchev–Trinajstić information content (AvgIpc) is 3.42.